The van der Waals surface area contributed by atoms with Crippen LogP contribution in [0.5, 0.6) is 0 Å². The molecule has 1 atom stereocenters. The highest BCUT2D eigenvalue weighted by Crippen LogP contribution is 2.36. The Kier molecular flexibility index (Phi) is 5.03. The zero-order chi connectivity index (χ0) is 21.5. The third-order valence-electron chi connectivity index (χ3n) is 6.15. The predicted octanol–water partition coefficient (Wildman–Crippen LogP) is 5.88. The van der Waals surface area contributed by atoms with Crippen LogP contribution in [0.3, 0.4) is 0 Å². The van der Waals surface area contributed by atoms with Gasteiger partial charge < -0.3 is 9.47 Å². The SMILES string of the molecule is Cc1ccc(C)c(Cn2c([C@H]3CC(=O)N(c4ccccc4Cl)C3)nc3ccccc32)c1. The fraction of sp³-hybridized carbons (Fsp3) is 0.231. The molecule has 4 aromatic rings. The second-order valence-corrected chi connectivity index (χ2v) is 8.74. The minimum atomic E-state index is 0.0151. The summed E-state index contributed by atoms with van der Waals surface area (Å²) < 4.78 is 2.28. The molecular weight excluding hydrogens is 406 g/mol. The summed E-state index contributed by atoms with van der Waals surface area (Å²) in [4.78, 5) is 19.7. The van der Waals surface area contributed by atoms with Crippen LogP contribution < -0.4 is 4.90 Å². The molecule has 0 N–H and O–H groups in total. The van der Waals surface area contributed by atoms with Gasteiger partial charge in [0.05, 0.1) is 21.7 Å². The highest BCUT2D eigenvalue weighted by molar-refractivity contribution is 6.33. The number of fused-ring (bicyclic) bond motifs is 1. The van der Waals surface area contributed by atoms with Crippen LogP contribution in [0.15, 0.2) is 66.7 Å². The van der Waals surface area contributed by atoms with E-state index >= 15 is 0 Å². The van der Waals surface area contributed by atoms with E-state index in [4.69, 9.17) is 16.6 Å². The molecule has 1 saturated heterocycles. The van der Waals surface area contributed by atoms with Gasteiger partial charge in [-0.25, -0.2) is 4.98 Å². The lowest BCUT2D eigenvalue weighted by Crippen LogP contribution is -2.24. The largest absolute Gasteiger partial charge is 0.323 e. The molecule has 4 nitrogen and oxygen atoms in total. The van der Waals surface area contributed by atoms with Crippen molar-refractivity contribution < 1.29 is 4.79 Å². The van der Waals surface area contributed by atoms with Crippen molar-refractivity contribution in [2.75, 3.05) is 11.4 Å². The number of hydrogen-bond donors (Lipinski definition) is 0. The third kappa shape index (κ3) is 3.61. The Bertz CT molecular complexity index is 1290. The number of imidazole rings is 1. The molecule has 3 aromatic carbocycles. The predicted molar refractivity (Wildman–Crippen MR) is 126 cm³/mol. The average molecular weight is 430 g/mol. The maximum absolute atomic E-state index is 12.9. The van der Waals surface area contributed by atoms with E-state index in [9.17, 15) is 4.79 Å². The van der Waals surface area contributed by atoms with Crippen molar-refractivity contribution >= 4 is 34.2 Å². The summed E-state index contributed by atoms with van der Waals surface area (Å²) in [5.41, 5.74) is 6.61. The van der Waals surface area contributed by atoms with Crippen LogP contribution >= 0.6 is 11.6 Å². The Morgan fingerprint density at radius 2 is 1.81 bits per heavy atom. The number of nitrogens with zero attached hydrogens (tertiary/aromatic N) is 3. The van der Waals surface area contributed by atoms with Crippen LogP contribution in [0.25, 0.3) is 11.0 Å². The highest BCUT2D eigenvalue weighted by Gasteiger charge is 2.35. The Morgan fingerprint density at radius 1 is 1.03 bits per heavy atom. The number of hydrogen-bond acceptors (Lipinski definition) is 2. The van der Waals surface area contributed by atoms with E-state index in [2.05, 4.69) is 42.7 Å². The molecular formula is C26H24ClN3O. The molecule has 5 rings (SSSR count). The molecule has 2 heterocycles. The first kappa shape index (κ1) is 19.8. The third-order valence-corrected chi connectivity index (χ3v) is 6.47. The number of para-hydroxylation sites is 3. The number of rotatable bonds is 4. The summed E-state index contributed by atoms with van der Waals surface area (Å²) in [6.45, 7) is 5.58. The molecule has 5 heteroatoms. The van der Waals surface area contributed by atoms with Gasteiger partial charge in [-0.2, -0.15) is 0 Å². The Morgan fingerprint density at radius 3 is 2.65 bits per heavy atom. The number of aryl methyl sites for hydroxylation is 2. The summed E-state index contributed by atoms with van der Waals surface area (Å²) in [5.74, 6) is 1.06. The molecule has 0 unspecified atom stereocenters. The van der Waals surface area contributed by atoms with Gasteiger partial charge >= 0.3 is 0 Å². The van der Waals surface area contributed by atoms with Crippen LogP contribution in [0.1, 0.15) is 34.9 Å². The van der Waals surface area contributed by atoms with Crippen LogP contribution in [-0.4, -0.2) is 22.0 Å². The van der Waals surface area contributed by atoms with E-state index in [0.717, 1.165) is 29.1 Å². The van der Waals surface area contributed by atoms with Gasteiger partial charge in [-0.15, -0.1) is 0 Å². The van der Waals surface area contributed by atoms with Crippen LogP contribution in [-0.2, 0) is 11.3 Å². The van der Waals surface area contributed by atoms with E-state index in [1.165, 1.54) is 16.7 Å². The zero-order valence-electron chi connectivity index (χ0n) is 17.7. The van der Waals surface area contributed by atoms with Crippen molar-refractivity contribution in [3.63, 3.8) is 0 Å². The van der Waals surface area contributed by atoms with Crippen LogP contribution in [0.2, 0.25) is 5.02 Å². The minimum absolute atomic E-state index is 0.0151. The molecule has 1 amide bonds. The van der Waals surface area contributed by atoms with Gasteiger partial charge in [-0.1, -0.05) is 59.6 Å². The quantitative estimate of drug-likeness (QED) is 0.406. The van der Waals surface area contributed by atoms with Crippen LogP contribution in [0.4, 0.5) is 5.69 Å². The molecule has 1 aliphatic rings. The summed E-state index contributed by atoms with van der Waals surface area (Å²) in [6.07, 6.45) is 0.432. The summed E-state index contributed by atoms with van der Waals surface area (Å²) >= 11 is 6.38. The molecule has 31 heavy (non-hydrogen) atoms. The van der Waals surface area contributed by atoms with E-state index < -0.39 is 0 Å². The monoisotopic (exact) mass is 429 g/mol. The lowest BCUT2D eigenvalue weighted by molar-refractivity contribution is -0.117. The first-order valence-corrected chi connectivity index (χ1v) is 11.0. The number of halogens is 1. The van der Waals surface area contributed by atoms with Gasteiger partial charge in [0, 0.05) is 25.4 Å². The zero-order valence-corrected chi connectivity index (χ0v) is 18.4. The first-order chi connectivity index (χ1) is 15.0. The fourth-order valence-electron chi connectivity index (χ4n) is 4.50. The van der Waals surface area contributed by atoms with Crippen molar-refractivity contribution in [3.8, 4) is 0 Å². The molecule has 0 bridgehead atoms. The molecule has 0 aliphatic carbocycles. The molecule has 1 aromatic heterocycles. The second-order valence-electron chi connectivity index (χ2n) is 8.33. The maximum Gasteiger partial charge on any atom is 0.227 e. The molecule has 1 aliphatic heterocycles. The number of aromatic nitrogens is 2. The summed E-state index contributed by atoms with van der Waals surface area (Å²) in [7, 11) is 0. The second kappa shape index (κ2) is 7.86. The van der Waals surface area contributed by atoms with Crippen molar-refractivity contribution in [2.24, 2.45) is 0 Å². The fourth-order valence-corrected chi connectivity index (χ4v) is 4.73. The van der Waals surface area contributed by atoms with Crippen molar-refractivity contribution in [1.82, 2.24) is 9.55 Å². The van der Waals surface area contributed by atoms with E-state index in [0.29, 0.717) is 18.0 Å². The Labute approximate surface area is 187 Å². The number of carbonyl (C=O) groups excluding carboxylic acids is 1. The summed E-state index contributed by atoms with van der Waals surface area (Å²) in [5, 5.41) is 0.598. The van der Waals surface area contributed by atoms with Gasteiger partial charge in [0.1, 0.15) is 5.82 Å². The normalized spacial score (nSPS) is 16.4. The minimum Gasteiger partial charge on any atom is -0.323 e. The van der Waals surface area contributed by atoms with Crippen molar-refractivity contribution in [3.05, 3.63) is 94.3 Å². The molecule has 1 fully saturated rings. The number of carbonyl (C=O) groups is 1. The van der Waals surface area contributed by atoms with Crippen molar-refractivity contribution in [1.29, 1.82) is 0 Å². The molecule has 156 valence electrons. The number of benzene rings is 3. The highest BCUT2D eigenvalue weighted by atomic mass is 35.5. The van der Waals surface area contributed by atoms with Gasteiger partial charge in [0.25, 0.3) is 0 Å². The lowest BCUT2D eigenvalue weighted by atomic mass is 10.0. The van der Waals surface area contributed by atoms with Crippen LogP contribution in [0, 0.1) is 13.8 Å². The number of amides is 1. The maximum atomic E-state index is 12.9. The van der Waals surface area contributed by atoms with E-state index in [1.807, 2.05) is 42.5 Å². The molecule has 0 saturated carbocycles. The Hall–Kier alpha value is -3.11. The van der Waals surface area contributed by atoms with Gasteiger partial charge in [-0.3, -0.25) is 4.79 Å². The average Bonchev–Trinajstić information content (AvgIpc) is 3.32. The number of anilines is 1. The first-order valence-electron chi connectivity index (χ1n) is 10.6. The standard InChI is InChI=1S/C26H24ClN3O/c1-17-11-12-18(2)19(13-17)15-30-24-10-6-4-8-22(24)28-26(30)20-14-25(31)29(16-20)23-9-5-3-7-21(23)27/h3-13,20H,14-16H2,1-2H3/t20-/m0/s1. The van der Waals surface area contributed by atoms with E-state index in [-0.39, 0.29) is 11.8 Å². The van der Waals surface area contributed by atoms with Gasteiger partial charge in [0.2, 0.25) is 5.91 Å². The smallest absolute Gasteiger partial charge is 0.227 e. The summed E-state index contributed by atoms with van der Waals surface area (Å²) in [6, 6.07) is 22.3. The van der Waals surface area contributed by atoms with Gasteiger partial charge in [-0.05, 0) is 49.2 Å². The van der Waals surface area contributed by atoms with Crippen molar-refractivity contribution in [2.45, 2.75) is 32.7 Å². The van der Waals surface area contributed by atoms with Gasteiger partial charge in [0.15, 0.2) is 0 Å². The lowest BCUT2D eigenvalue weighted by Gasteiger charge is -2.19. The molecule has 0 spiro atoms. The van der Waals surface area contributed by atoms with E-state index in [1.54, 1.807) is 4.90 Å². The Balaban J connectivity index is 1.56. The molecule has 0 radical (unpaired) electrons. The topological polar surface area (TPSA) is 38.1 Å².